The van der Waals surface area contributed by atoms with Crippen LogP contribution < -0.4 is 65.1 Å². The maximum atomic E-state index is 15.7. The van der Waals surface area contributed by atoms with Crippen molar-refractivity contribution in [2.45, 2.75) is 215 Å². The number of aliphatic carboxylic acids is 1. The smallest absolute Gasteiger partial charge is 0.305 e. The molecule has 0 spiro atoms. The standard InChI is InChI=1S/C89H117N23O21S/c1-6-8-22-68-84(128)102-65(39-90)82(126)104-67(80(124)95-42-74(92)118)45-134-46-75(119)97-63(32-49-25-27-55(114)28-26-49)86(130)108(4)48(3)78(122)101-64(38-76(120)121)88(132)110-31-15-24-69(110)85(129)100-62(36-54-41-93-47-96-54)81(125)98-60(29-30-73(91)117)87(131)111-43-56(115)37-71(111)72(116)35-52(33-53-40-94-59-21-13-12-20-58(53)59)79(123)103-66(44-113)83(127)99-61(34-51-18-14-17-50-16-10-11-19-57(50)51)77-105-106-107-112(77)70(23-9-7-2)89(133)109(68)5/h10-14,16-21,25-28,40-41,47-48,52,56,60-71,94,113-115H,6-9,15,22-24,29-39,42-46,90H2,1-5H3,(H2,91,117)(H2,92,118)(H,93,96)(H,95,124)(H,97,119)(H,98,125)(H,99,127)(H,100,129)(H,101,122)(H,102,128)(H,103,123)(H,104,126)(H,120,121)/t48-,52+,56+,60-,61-,62-,63-,64-,65-,66-,67-,68-,69-,70-,71-/m0/s1. The Morgan fingerprint density at radius 3 is 1.94 bits per heavy atom. The first-order valence-electron chi connectivity index (χ1n) is 44.4. The maximum absolute atomic E-state index is 15.7. The van der Waals surface area contributed by atoms with E-state index in [-0.39, 0.29) is 75.2 Å². The summed E-state index contributed by atoms with van der Waals surface area (Å²) in [6.45, 7) is 1.81. The number of Topliss-reactive ketones (excluding diaryl/α,β-unsaturated/α-hetero) is 1. The number of carboxylic acid groups (broad SMARTS) is 1. The molecule has 3 aliphatic rings. The van der Waals surface area contributed by atoms with Crippen LogP contribution in [0.3, 0.4) is 0 Å². The number of aromatic amines is 2. The molecule has 0 saturated carbocycles. The van der Waals surface area contributed by atoms with Crippen molar-refractivity contribution in [2.75, 3.05) is 58.4 Å². The summed E-state index contributed by atoms with van der Waals surface area (Å²) < 4.78 is 1.22. The number of primary amides is 2. The Labute approximate surface area is 774 Å². The number of aromatic nitrogens is 7. The van der Waals surface area contributed by atoms with Crippen LogP contribution in [0.4, 0.5) is 0 Å². The summed E-state index contributed by atoms with van der Waals surface area (Å²) in [5, 5.41) is 81.6. The molecular weight excluding hydrogens is 1760 g/mol. The van der Waals surface area contributed by atoms with E-state index in [2.05, 4.69) is 78.3 Å². The second kappa shape index (κ2) is 48.5. The molecule has 10 rings (SSSR count). The molecule has 7 aromatic rings. The van der Waals surface area contributed by atoms with Gasteiger partial charge in [-0.25, -0.2) is 9.67 Å². The lowest BCUT2D eigenvalue weighted by Gasteiger charge is -2.32. The topological polar surface area (TPSA) is 658 Å². The average Bonchev–Trinajstić information content (AvgIpc) is 1.61. The van der Waals surface area contributed by atoms with Gasteiger partial charge in [-0.15, -0.1) is 16.9 Å². The Kier molecular flexibility index (Phi) is 37.1. The zero-order chi connectivity index (χ0) is 97.1. The van der Waals surface area contributed by atoms with E-state index >= 15 is 33.6 Å². The second-order valence-corrected chi connectivity index (χ2v) is 34.7. The first kappa shape index (κ1) is 102. The number of carboxylic acids is 1. The van der Waals surface area contributed by atoms with Crippen molar-refractivity contribution < 1.29 is 102 Å². The van der Waals surface area contributed by atoms with Crippen LogP contribution in [0.15, 0.2) is 110 Å². The van der Waals surface area contributed by atoms with Crippen molar-refractivity contribution in [3.63, 3.8) is 0 Å². The van der Waals surface area contributed by atoms with Crippen molar-refractivity contribution in [1.29, 1.82) is 0 Å². The fraction of sp³-hybridized carbons (Fsp3) is 0.494. The molecule has 4 aromatic carbocycles. The molecule has 3 aliphatic heterocycles. The van der Waals surface area contributed by atoms with Gasteiger partial charge >= 0.3 is 5.97 Å². The number of carbonyl (C=O) groups is 17. The molecule has 720 valence electrons. The molecule has 21 N–H and O–H groups in total. The maximum Gasteiger partial charge on any atom is 0.305 e. The van der Waals surface area contributed by atoms with Gasteiger partial charge in [0.1, 0.15) is 72.2 Å². The van der Waals surface area contributed by atoms with Gasteiger partial charge in [0.15, 0.2) is 11.6 Å². The molecule has 0 aliphatic carbocycles. The molecule has 2 saturated heterocycles. The molecule has 134 heavy (non-hydrogen) atoms. The number of nitrogens with two attached hydrogens (primary N) is 3. The molecule has 45 heteroatoms. The highest BCUT2D eigenvalue weighted by Gasteiger charge is 2.47. The van der Waals surface area contributed by atoms with Gasteiger partial charge in [0.05, 0.1) is 49.8 Å². The SMILES string of the molecule is CCCC[C@H]1C(=O)N[C@@H](CN)C(=O)N[C@H](C(=O)NCC(N)=O)CSCC(=O)N[C@@H](Cc2ccc(O)cc2)C(=O)N(C)[C@@H](C)C(=O)N[C@@H](CC(=O)O)C(=O)N2CCC[C@H]2C(=O)N[C@@H](Cc2cnc[nH]2)C(=O)N[C@@H](CCC(N)=O)C(=O)N2C[C@H](O)C[C@H]2C(=O)C[C@@H](Cc2c[nH]c3ccccc23)C(=O)N[C@@H](CO)C(=O)N[C@@H](Cc2cccc3ccccc23)c2nnnn2[C@@H](CCCC)C(=O)N1C. The quantitative estimate of drug-likeness (QED) is 0.0295. The highest BCUT2D eigenvalue weighted by Crippen LogP contribution is 2.32. The average molecular weight is 1880 g/mol. The number of tetrazole rings is 1. The number of rotatable bonds is 24. The minimum atomic E-state index is -1.93. The predicted octanol–water partition coefficient (Wildman–Crippen LogP) is -2.58. The number of aliphatic hydroxyl groups is 2. The summed E-state index contributed by atoms with van der Waals surface area (Å²) in [5.74, 6) is -19.7. The Morgan fingerprint density at radius 1 is 0.604 bits per heavy atom. The van der Waals surface area contributed by atoms with Crippen LogP contribution in [0.25, 0.3) is 21.7 Å². The fourth-order valence-corrected chi connectivity index (χ4v) is 17.5. The number of phenols is 1. The lowest BCUT2D eigenvalue weighted by atomic mass is 9.90. The van der Waals surface area contributed by atoms with Crippen molar-refractivity contribution >= 4 is 134 Å². The molecule has 15 atom stereocenters. The summed E-state index contributed by atoms with van der Waals surface area (Å²) in [5.41, 5.74) is 19.7. The molecule has 3 aromatic heterocycles. The molecule has 0 bridgehead atoms. The summed E-state index contributed by atoms with van der Waals surface area (Å²) in [4.78, 5) is 260. The van der Waals surface area contributed by atoms with Crippen LogP contribution >= 0.6 is 11.8 Å². The lowest BCUT2D eigenvalue weighted by Crippen LogP contribution is -2.60. The summed E-state index contributed by atoms with van der Waals surface area (Å²) in [7, 11) is 2.54. The minimum Gasteiger partial charge on any atom is -0.508 e. The van der Waals surface area contributed by atoms with Crippen LogP contribution in [0, 0.1) is 5.92 Å². The minimum absolute atomic E-state index is 0.00240. The van der Waals surface area contributed by atoms with E-state index in [9.17, 15) is 68.4 Å². The number of carbonyl (C=O) groups excluding carboxylic acids is 16. The molecule has 0 unspecified atom stereocenters. The van der Waals surface area contributed by atoms with E-state index < -0.39 is 261 Å². The number of phenolic OH excluding ortho intramolecular Hbond substituents is 1. The monoisotopic (exact) mass is 1880 g/mol. The van der Waals surface area contributed by atoms with Crippen LogP contribution in [0.1, 0.15) is 145 Å². The molecular formula is C89H117N23O21S. The summed E-state index contributed by atoms with van der Waals surface area (Å²) in [6, 6.07) is 4.71. The predicted molar refractivity (Wildman–Crippen MR) is 483 cm³/mol. The number of imidazole rings is 1. The van der Waals surface area contributed by atoms with Crippen LogP contribution in [0.2, 0.25) is 0 Å². The van der Waals surface area contributed by atoms with Gasteiger partial charge in [-0.05, 0) is 102 Å². The number of H-pyrrole nitrogens is 2. The number of aromatic hydroxyl groups is 1. The molecule has 2 fully saturated rings. The van der Waals surface area contributed by atoms with E-state index in [4.69, 9.17) is 17.2 Å². The third-order valence-electron chi connectivity index (χ3n) is 24.0. The molecule has 0 radical (unpaired) electrons. The third-order valence-corrected chi connectivity index (χ3v) is 25.1. The Morgan fingerprint density at radius 2 is 1.25 bits per heavy atom. The number of para-hydroxylation sites is 1. The number of unbranched alkanes of at least 4 members (excludes halogenated alkanes) is 2. The number of ketones is 1. The van der Waals surface area contributed by atoms with Crippen molar-refractivity contribution in [2.24, 2.45) is 23.1 Å². The largest absolute Gasteiger partial charge is 0.508 e. The van der Waals surface area contributed by atoms with E-state index in [0.717, 1.165) is 37.2 Å². The lowest BCUT2D eigenvalue weighted by molar-refractivity contribution is -0.147. The van der Waals surface area contributed by atoms with E-state index in [1.165, 1.54) is 67.4 Å². The number of nitrogens with one attached hydrogen (secondary N) is 11. The fourth-order valence-electron chi connectivity index (χ4n) is 16.6. The molecule has 15 amide bonds. The van der Waals surface area contributed by atoms with Crippen LogP contribution in [-0.2, 0) is 107 Å². The highest BCUT2D eigenvalue weighted by molar-refractivity contribution is 8.00. The van der Waals surface area contributed by atoms with Crippen molar-refractivity contribution in [3.8, 4) is 5.75 Å². The summed E-state index contributed by atoms with van der Waals surface area (Å²) >= 11 is 0.747. The van der Waals surface area contributed by atoms with Gasteiger partial charge in [0, 0.05) is 113 Å². The van der Waals surface area contributed by atoms with E-state index in [1.54, 1.807) is 48.7 Å². The molecule has 44 nitrogen and oxygen atoms in total. The van der Waals surface area contributed by atoms with Crippen LogP contribution in [-0.4, -0.2) is 306 Å². The van der Waals surface area contributed by atoms with Gasteiger partial charge < -0.3 is 115 Å². The normalized spacial score (nSPS) is 24.7. The van der Waals surface area contributed by atoms with Gasteiger partial charge in [-0.3, -0.25) is 81.5 Å². The van der Waals surface area contributed by atoms with Gasteiger partial charge in [-0.1, -0.05) is 112 Å². The van der Waals surface area contributed by atoms with Gasteiger partial charge in [0.25, 0.3) is 0 Å². The number of hydrogen-bond donors (Lipinski definition) is 18. The van der Waals surface area contributed by atoms with Crippen molar-refractivity contribution in [1.82, 2.24) is 103 Å². The number of thioether (sulfide) groups is 1. The number of amides is 15. The summed E-state index contributed by atoms with van der Waals surface area (Å²) in [6.07, 6.45) is 0.288. The Balaban J connectivity index is 1.02. The zero-order valence-corrected chi connectivity index (χ0v) is 75.7. The highest BCUT2D eigenvalue weighted by atomic mass is 32.2. The number of aliphatic hydroxyl groups excluding tert-OH is 2. The molecule has 6 heterocycles. The third kappa shape index (κ3) is 27.2. The number of benzene rings is 4. The van der Waals surface area contributed by atoms with E-state index in [0.29, 0.717) is 53.3 Å². The second-order valence-electron chi connectivity index (χ2n) is 33.7. The van der Waals surface area contributed by atoms with Crippen molar-refractivity contribution in [3.05, 3.63) is 138 Å². The number of fused-ring (bicyclic) bond motifs is 5. The Bertz CT molecular complexity index is 5380. The van der Waals surface area contributed by atoms with Crippen LogP contribution in [0.5, 0.6) is 5.75 Å². The van der Waals surface area contributed by atoms with Gasteiger partial charge in [-0.2, -0.15) is 0 Å². The number of hydrogen-bond acceptors (Lipinski definition) is 26. The Hall–Kier alpha value is -13.8. The number of likely N-dealkylation sites (N-methyl/N-ethyl adjacent to an activating group) is 2. The van der Waals surface area contributed by atoms with E-state index in [1.807, 2.05) is 38.1 Å². The first-order chi connectivity index (χ1) is 64.1. The number of nitrogens with zero attached hydrogens (tertiary/aromatic N) is 9. The first-order valence-corrected chi connectivity index (χ1v) is 45.5. The van der Waals surface area contributed by atoms with Gasteiger partial charge in [0.2, 0.25) is 88.6 Å². The zero-order valence-electron chi connectivity index (χ0n) is 74.9.